The Bertz CT molecular complexity index is 865. The molecule has 0 amide bonds. The van der Waals surface area contributed by atoms with Gasteiger partial charge in [-0.15, -0.1) is 0 Å². The van der Waals surface area contributed by atoms with Gasteiger partial charge in [0, 0.05) is 6.20 Å². The number of nitriles is 1. The molecule has 118 valence electrons. The lowest BCUT2D eigenvalue weighted by atomic mass is 10.1. The molecule has 1 heterocycles. The number of rotatable bonds is 3. The lowest BCUT2D eigenvalue weighted by Crippen LogP contribution is -2.16. The van der Waals surface area contributed by atoms with Gasteiger partial charge in [-0.05, 0) is 18.6 Å². The highest BCUT2D eigenvalue weighted by atomic mass is 19.1. The van der Waals surface area contributed by atoms with Crippen molar-refractivity contribution in [1.29, 1.82) is 5.26 Å². The lowest BCUT2D eigenvalue weighted by Gasteiger charge is -2.14. The molecule has 1 aromatic carbocycles. The average Bonchev–Trinajstić information content (AvgIpc) is 2.84. The fourth-order valence-electron chi connectivity index (χ4n) is 2.28. The summed E-state index contributed by atoms with van der Waals surface area (Å²) >= 11 is 0. The zero-order valence-electron chi connectivity index (χ0n) is 12.3. The maximum Gasteiger partial charge on any atom is 0.357 e. The summed E-state index contributed by atoms with van der Waals surface area (Å²) in [6.45, 7) is 1.55. The van der Waals surface area contributed by atoms with Gasteiger partial charge in [0.1, 0.15) is 17.4 Å². The van der Waals surface area contributed by atoms with Crippen LogP contribution in [0.4, 0.5) is 10.1 Å². The second kappa shape index (κ2) is 5.81. The van der Waals surface area contributed by atoms with Crippen molar-refractivity contribution in [3.05, 3.63) is 46.5 Å². The predicted molar refractivity (Wildman–Crippen MR) is 77.9 cm³/mol. The average molecular weight is 317 g/mol. The maximum atomic E-state index is 14.0. The van der Waals surface area contributed by atoms with Crippen LogP contribution in [-0.4, -0.2) is 28.7 Å². The van der Waals surface area contributed by atoms with Gasteiger partial charge in [0.25, 0.3) is 0 Å². The van der Waals surface area contributed by atoms with Crippen LogP contribution in [-0.2, 0) is 4.74 Å². The van der Waals surface area contributed by atoms with Crippen LogP contribution in [0.5, 0.6) is 0 Å². The number of methoxy groups -OCH3 is 1. The van der Waals surface area contributed by atoms with Gasteiger partial charge in [0.2, 0.25) is 0 Å². The molecule has 0 bridgehead atoms. The summed E-state index contributed by atoms with van der Waals surface area (Å²) in [6.07, 6.45) is 1.18. The van der Waals surface area contributed by atoms with Crippen LogP contribution in [0.25, 0.3) is 5.69 Å². The molecule has 0 fully saturated rings. The number of esters is 1. The standard InChI is InChI=1S/C15H12FN3O4/c1-7-3-4-9(16)10(14(20)21)12(7)19-6-8(5-17)11(18)13(19)15(22)23-2/h3-4,6H,18H2,1-2H3,(H,20,21). The van der Waals surface area contributed by atoms with Gasteiger partial charge in [-0.25, -0.2) is 14.0 Å². The number of carboxylic acids is 1. The predicted octanol–water partition coefficient (Wildman–Crippen LogP) is 1.86. The van der Waals surface area contributed by atoms with Crippen molar-refractivity contribution < 1.29 is 23.8 Å². The van der Waals surface area contributed by atoms with Gasteiger partial charge >= 0.3 is 11.9 Å². The zero-order chi connectivity index (χ0) is 17.3. The van der Waals surface area contributed by atoms with E-state index >= 15 is 0 Å². The van der Waals surface area contributed by atoms with Gasteiger partial charge < -0.3 is 20.1 Å². The number of benzene rings is 1. The molecule has 0 spiro atoms. The smallest absolute Gasteiger partial charge is 0.357 e. The molecular formula is C15H12FN3O4. The number of halogens is 1. The van der Waals surface area contributed by atoms with Crippen LogP contribution in [0.1, 0.15) is 32.0 Å². The minimum atomic E-state index is -1.51. The second-order valence-electron chi connectivity index (χ2n) is 4.67. The van der Waals surface area contributed by atoms with Crippen molar-refractivity contribution in [1.82, 2.24) is 4.57 Å². The molecule has 0 saturated carbocycles. The molecule has 0 aliphatic carbocycles. The van der Waals surface area contributed by atoms with Crippen molar-refractivity contribution in [2.45, 2.75) is 6.92 Å². The molecular weight excluding hydrogens is 305 g/mol. The third-order valence-corrected chi connectivity index (χ3v) is 3.33. The van der Waals surface area contributed by atoms with E-state index in [1.807, 2.05) is 0 Å². The first-order valence-corrected chi connectivity index (χ1v) is 6.35. The number of nitrogen functional groups attached to an aromatic ring is 1. The quantitative estimate of drug-likeness (QED) is 0.834. The molecule has 23 heavy (non-hydrogen) atoms. The molecule has 8 heteroatoms. The van der Waals surface area contributed by atoms with Crippen LogP contribution in [0.3, 0.4) is 0 Å². The first-order valence-electron chi connectivity index (χ1n) is 6.35. The largest absolute Gasteiger partial charge is 0.478 e. The Labute approximate surface area is 130 Å². The highest BCUT2D eigenvalue weighted by Gasteiger charge is 2.27. The van der Waals surface area contributed by atoms with Crippen molar-refractivity contribution in [2.24, 2.45) is 0 Å². The summed E-state index contributed by atoms with van der Waals surface area (Å²) in [7, 11) is 1.11. The van der Waals surface area contributed by atoms with Crippen LogP contribution < -0.4 is 5.73 Å². The number of carbonyl (C=O) groups excluding carboxylic acids is 1. The number of nitrogens with zero attached hydrogens (tertiary/aromatic N) is 2. The van der Waals surface area contributed by atoms with Crippen molar-refractivity contribution in [3.8, 4) is 11.8 Å². The van der Waals surface area contributed by atoms with Crippen molar-refractivity contribution in [3.63, 3.8) is 0 Å². The Morgan fingerprint density at radius 1 is 1.43 bits per heavy atom. The fraction of sp³-hybridized carbons (Fsp3) is 0.133. The third kappa shape index (κ3) is 2.48. The molecule has 0 aliphatic heterocycles. The molecule has 2 aromatic rings. The summed E-state index contributed by atoms with van der Waals surface area (Å²) < 4.78 is 19.7. The highest BCUT2D eigenvalue weighted by Crippen LogP contribution is 2.29. The van der Waals surface area contributed by atoms with E-state index in [1.54, 1.807) is 13.0 Å². The third-order valence-electron chi connectivity index (χ3n) is 3.33. The Hall–Kier alpha value is -3.34. The van der Waals surface area contributed by atoms with Crippen LogP contribution in [0, 0.1) is 24.1 Å². The minimum Gasteiger partial charge on any atom is -0.478 e. The van der Waals surface area contributed by atoms with E-state index in [9.17, 15) is 19.1 Å². The number of ether oxygens (including phenoxy) is 1. The number of carboxylic acid groups (broad SMARTS) is 1. The van der Waals surface area contributed by atoms with E-state index in [2.05, 4.69) is 4.74 Å². The fourth-order valence-corrected chi connectivity index (χ4v) is 2.28. The first-order chi connectivity index (χ1) is 10.8. The van der Waals surface area contributed by atoms with Crippen molar-refractivity contribution >= 4 is 17.6 Å². The van der Waals surface area contributed by atoms with Gasteiger partial charge in [-0.3, -0.25) is 0 Å². The zero-order valence-corrected chi connectivity index (χ0v) is 12.3. The topological polar surface area (TPSA) is 118 Å². The molecule has 2 rings (SSSR count). The maximum absolute atomic E-state index is 14.0. The number of hydrogen-bond acceptors (Lipinski definition) is 5. The molecule has 7 nitrogen and oxygen atoms in total. The van der Waals surface area contributed by atoms with E-state index in [-0.39, 0.29) is 22.6 Å². The number of aromatic carboxylic acids is 1. The van der Waals surface area contributed by atoms with Crippen molar-refractivity contribution in [2.75, 3.05) is 12.8 Å². The Kier molecular flexibility index (Phi) is 4.05. The summed E-state index contributed by atoms with van der Waals surface area (Å²) in [5.74, 6) is -3.36. The number of aryl methyl sites for hydroxylation is 1. The number of carbonyl (C=O) groups is 2. The summed E-state index contributed by atoms with van der Waals surface area (Å²) in [4.78, 5) is 23.4. The Balaban J connectivity index is 2.94. The van der Waals surface area contributed by atoms with Gasteiger partial charge in [-0.2, -0.15) is 5.26 Å². The lowest BCUT2D eigenvalue weighted by molar-refractivity contribution is 0.0590. The van der Waals surface area contributed by atoms with E-state index in [0.717, 1.165) is 17.7 Å². The van der Waals surface area contributed by atoms with E-state index in [4.69, 9.17) is 11.0 Å². The number of aromatic nitrogens is 1. The minimum absolute atomic E-state index is 0.0506. The summed E-state index contributed by atoms with van der Waals surface area (Å²) in [5.41, 5.74) is 4.97. The normalized spacial score (nSPS) is 10.2. The SMILES string of the molecule is COC(=O)c1c(N)c(C#N)cn1-c1c(C)ccc(F)c1C(=O)O. The van der Waals surface area contributed by atoms with E-state index < -0.39 is 23.3 Å². The first kappa shape index (κ1) is 16.0. The monoisotopic (exact) mass is 317 g/mol. The van der Waals surface area contributed by atoms with Gasteiger partial charge in [0.15, 0.2) is 5.69 Å². The van der Waals surface area contributed by atoms with Crippen LogP contribution in [0.15, 0.2) is 18.3 Å². The second-order valence-corrected chi connectivity index (χ2v) is 4.67. The molecule has 0 saturated heterocycles. The van der Waals surface area contributed by atoms with E-state index in [1.165, 1.54) is 12.3 Å². The highest BCUT2D eigenvalue weighted by molar-refractivity contribution is 5.98. The van der Waals surface area contributed by atoms with E-state index in [0.29, 0.717) is 5.56 Å². The Morgan fingerprint density at radius 2 is 2.09 bits per heavy atom. The van der Waals surface area contributed by atoms with Gasteiger partial charge in [0.05, 0.1) is 24.0 Å². The van der Waals surface area contributed by atoms with Crippen LogP contribution >= 0.6 is 0 Å². The Morgan fingerprint density at radius 3 is 2.61 bits per heavy atom. The summed E-state index contributed by atoms with van der Waals surface area (Å²) in [6, 6.07) is 4.17. The molecule has 0 radical (unpaired) electrons. The number of anilines is 1. The number of nitrogens with two attached hydrogens (primary N) is 1. The molecule has 0 aliphatic rings. The molecule has 1 aromatic heterocycles. The number of hydrogen-bond donors (Lipinski definition) is 2. The van der Waals surface area contributed by atoms with Gasteiger partial charge in [-0.1, -0.05) is 6.07 Å². The summed E-state index contributed by atoms with van der Waals surface area (Å²) in [5, 5.41) is 18.4. The molecule has 3 N–H and O–H groups in total. The molecule has 0 unspecified atom stereocenters. The van der Waals surface area contributed by atoms with Crippen LogP contribution in [0.2, 0.25) is 0 Å². The molecule has 0 atom stereocenters.